The van der Waals surface area contributed by atoms with Gasteiger partial charge in [-0.05, 0) is 18.2 Å². The molecule has 0 atom stereocenters. The van der Waals surface area contributed by atoms with E-state index in [0.717, 1.165) is 5.39 Å². The van der Waals surface area contributed by atoms with Crippen molar-refractivity contribution >= 4 is 26.4 Å². The van der Waals surface area contributed by atoms with Crippen molar-refractivity contribution in [2.75, 3.05) is 5.73 Å². The Morgan fingerprint density at radius 1 is 1.46 bits per heavy atom. The van der Waals surface area contributed by atoms with Crippen molar-refractivity contribution in [3.63, 3.8) is 0 Å². The molecule has 2 rings (SSSR count). The lowest BCUT2D eigenvalue weighted by atomic mass is 10.2. The van der Waals surface area contributed by atoms with Crippen LogP contribution in [0.1, 0.15) is 5.56 Å². The number of nitrogens with zero attached hydrogens (tertiary/aromatic N) is 1. The minimum atomic E-state index is -0.307. The molecule has 0 amide bonds. The van der Waals surface area contributed by atoms with Gasteiger partial charge in [0.2, 0.25) is 0 Å². The number of nitriles is 1. The van der Waals surface area contributed by atoms with E-state index in [1.165, 1.54) is 23.5 Å². The molecule has 0 saturated heterocycles. The lowest BCUT2D eigenvalue weighted by molar-refractivity contribution is 0.630. The maximum absolute atomic E-state index is 12.8. The van der Waals surface area contributed by atoms with Gasteiger partial charge >= 0.3 is 0 Å². The van der Waals surface area contributed by atoms with Crippen molar-refractivity contribution in [3.8, 4) is 6.07 Å². The third-order valence-corrected chi connectivity index (χ3v) is 2.77. The van der Waals surface area contributed by atoms with Crippen molar-refractivity contribution in [1.82, 2.24) is 0 Å². The van der Waals surface area contributed by atoms with E-state index in [1.807, 2.05) is 6.07 Å². The molecule has 64 valence electrons. The molecule has 4 heteroatoms. The predicted molar refractivity (Wildman–Crippen MR) is 50.9 cm³/mol. The lowest BCUT2D eigenvalue weighted by Crippen LogP contribution is -1.81. The van der Waals surface area contributed by atoms with E-state index in [-0.39, 0.29) is 5.82 Å². The van der Waals surface area contributed by atoms with E-state index < -0.39 is 0 Å². The average Bonchev–Trinajstić information content (AvgIpc) is 2.39. The molecule has 0 unspecified atom stereocenters. The Hall–Kier alpha value is -1.60. The monoisotopic (exact) mass is 192 g/mol. The Bertz CT molecular complexity index is 510. The Labute approximate surface area is 78.0 Å². The fourth-order valence-corrected chi connectivity index (χ4v) is 2.15. The smallest absolute Gasteiger partial charge is 0.124 e. The average molecular weight is 192 g/mol. The fourth-order valence-electron chi connectivity index (χ4n) is 1.20. The third-order valence-electron chi connectivity index (χ3n) is 1.79. The number of fused-ring (bicyclic) bond motifs is 1. The number of anilines is 1. The van der Waals surface area contributed by atoms with Gasteiger partial charge < -0.3 is 5.73 Å². The van der Waals surface area contributed by atoms with Gasteiger partial charge in [0.1, 0.15) is 16.9 Å². The van der Waals surface area contributed by atoms with E-state index in [4.69, 9.17) is 11.0 Å². The molecular formula is C9H5FN2S. The number of thiophene rings is 1. The molecule has 2 aromatic rings. The van der Waals surface area contributed by atoms with Gasteiger partial charge in [-0.25, -0.2) is 4.39 Å². The van der Waals surface area contributed by atoms with Crippen LogP contribution in [0.5, 0.6) is 0 Å². The van der Waals surface area contributed by atoms with Crippen LogP contribution in [0, 0.1) is 17.1 Å². The molecule has 13 heavy (non-hydrogen) atoms. The largest absolute Gasteiger partial charge is 0.389 e. The maximum atomic E-state index is 12.8. The summed E-state index contributed by atoms with van der Waals surface area (Å²) in [5.41, 5.74) is 6.03. The summed E-state index contributed by atoms with van der Waals surface area (Å²) < 4.78 is 13.5. The molecule has 0 aliphatic rings. The van der Waals surface area contributed by atoms with Crippen molar-refractivity contribution in [1.29, 1.82) is 5.26 Å². The van der Waals surface area contributed by atoms with Crippen LogP contribution in [-0.2, 0) is 0 Å². The SMILES string of the molecule is N#Cc1c(N)sc2cc(F)ccc12. The summed E-state index contributed by atoms with van der Waals surface area (Å²) in [6, 6.07) is 6.29. The highest BCUT2D eigenvalue weighted by Gasteiger charge is 2.08. The first-order chi connectivity index (χ1) is 6.22. The number of rotatable bonds is 0. The summed E-state index contributed by atoms with van der Waals surface area (Å²) in [7, 11) is 0. The van der Waals surface area contributed by atoms with Gasteiger partial charge in [-0.3, -0.25) is 0 Å². The molecule has 0 spiro atoms. The zero-order valence-electron chi connectivity index (χ0n) is 6.54. The number of halogens is 1. The number of benzene rings is 1. The lowest BCUT2D eigenvalue weighted by Gasteiger charge is -1.88. The molecule has 1 heterocycles. The summed E-state index contributed by atoms with van der Waals surface area (Å²) in [5.74, 6) is -0.307. The van der Waals surface area contributed by atoms with Crippen molar-refractivity contribution in [2.45, 2.75) is 0 Å². The van der Waals surface area contributed by atoms with Crippen molar-refractivity contribution < 1.29 is 4.39 Å². The van der Waals surface area contributed by atoms with Gasteiger partial charge in [0.05, 0.1) is 5.56 Å². The molecule has 2 N–H and O–H groups in total. The highest BCUT2D eigenvalue weighted by atomic mass is 32.1. The summed E-state index contributed by atoms with van der Waals surface area (Å²) in [6.45, 7) is 0. The topological polar surface area (TPSA) is 49.8 Å². The minimum Gasteiger partial charge on any atom is -0.389 e. The van der Waals surface area contributed by atoms with Crippen LogP contribution in [0.4, 0.5) is 9.39 Å². The molecule has 0 aliphatic heterocycles. The van der Waals surface area contributed by atoms with E-state index in [9.17, 15) is 4.39 Å². The fraction of sp³-hybridized carbons (Fsp3) is 0. The molecule has 2 nitrogen and oxygen atoms in total. The second-order valence-corrected chi connectivity index (χ2v) is 3.68. The van der Waals surface area contributed by atoms with Crippen LogP contribution in [-0.4, -0.2) is 0 Å². The summed E-state index contributed by atoms with van der Waals surface area (Å²) in [4.78, 5) is 0. The van der Waals surface area contributed by atoms with Crippen LogP contribution >= 0.6 is 11.3 Å². The van der Waals surface area contributed by atoms with E-state index >= 15 is 0 Å². The Morgan fingerprint density at radius 3 is 2.92 bits per heavy atom. The Morgan fingerprint density at radius 2 is 2.23 bits per heavy atom. The van der Waals surface area contributed by atoms with Gasteiger partial charge in [-0.15, -0.1) is 11.3 Å². The van der Waals surface area contributed by atoms with Gasteiger partial charge in [0.25, 0.3) is 0 Å². The van der Waals surface area contributed by atoms with Crippen LogP contribution < -0.4 is 5.73 Å². The van der Waals surface area contributed by atoms with E-state index in [2.05, 4.69) is 0 Å². The molecule has 1 aromatic carbocycles. The van der Waals surface area contributed by atoms with Crippen LogP contribution in [0.15, 0.2) is 18.2 Å². The van der Waals surface area contributed by atoms with Crippen LogP contribution in [0.2, 0.25) is 0 Å². The highest BCUT2D eigenvalue weighted by Crippen LogP contribution is 2.32. The molecule has 0 fully saturated rings. The molecule has 1 aromatic heterocycles. The van der Waals surface area contributed by atoms with Gasteiger partial charge in [0.15, 0.2) is 0 Å². The molecule has 0 radical (unpaired) electrons. The van der Waals surface area contributed by atoms with Crippen LogP contribution in [0.3, 0.4) is 0 Å². The molecule has 0 bridgehead atoms. The maximum Gasteiger partial charge on any atom is 0.124 e. The molecule has 0 saturated carbocycles. The van der Waals surface area contributed by atoms with Crippen molar-refractivity contribution in [3.05, 3.63) is 29.6 Å². The minimum absolute atomic E-state index is 0.307. The summed E-state index contributed by atoms with van der Waals surface area (Å²) >= 11 is 1.23. The highest BCUT2D eigenvalue weighted by molar-refractivity contribution is 7.23. The van der Waals surface area contributed by atoms with Crippen LogP contribution in [0.25, 0.3) is 10.1 Å². The Kier molecular flexibility index (Phi) is 1.67. The zero-order valence-corrected chi connectivity index (χ0v) is 7.36. The van der Waals surface area contributed by atoms with Gasteiger partial charge in [0, 0.05) is 10.1 Å². The van der Waals surface area contributed by atoms with Gasteiger partial charge in [-0.2, -0.15) is 5.26 Å². The molecular weight excluding hydrogens is 187 g/mol. The number of hydrogen-bond donors (Lipinski definition) is 1. The van der Waals surface area contributed by atoms with E-state index in [1.54, 1.807) is 6.07 Å². The van der Waals surface area contributed by atoms with E-state index in [0.29, 0.717) is 15.3 Å². The molecule has 0 aliphatic carbocycles. The quantitative estimate of drug-likeness (QED) is 0.697. The normalized spacial score (nSPS) is 10.2. The Balaban J connectivity index is 2.88. The number of nitrogen functional groups attached to an aromatic ring is 1. The number of nitrogens with two attached hydrogens (primary N) is 1. The third kappa shape index (κ3) is 1.14. The first kappa shape index (κ1) is 8.02. The first-order valence-corrected chi connectivity index (χ1v) is 4.41. The summed E-state index contributed by atoms with van der Waals surface area (Å²) in [6.07, 6.45) is 0. The first-order valence-electron chi connectivity index (χ1n) is 3.60. The number of hydrogen-bond acceptors (Lipinski definition) is 3. The van der Waals surface area contributed by atoms with Gasteiger partial charge in [-0.1, -0.05) is 0 Å². The predicted octanol–water partition coefficient (Wildman–Crippen LogP) is 2.49. The second-order valence-electron chi connectivity index (χ2n) is 2.59. The standard InChI is InChI=1S/C9H5FN2S/c10-5-1-2-6-7(4-11)9(12)13-8(6)3-5/h1-3H,12H2. The summed E-state index contributed by atoms with van der Waals surface area (Å²) in [5, 5.41) is 9.93. The van der Waals surface area contributed by atoms with Crippen molar-refractivity contribution in [2.24, 2.45) is 0 Å². The second kappa shape index (κ2) is 2.71. The zero-order chi connectivity index (χ0) is 9.42.